The molecular formula is C22H21N3O3S. The number of amides is 1. The summed E-state index contributed by atoms with van der Waals surface area (Å²) < 4.78 is 8.38. The van der Waals surface area contributed by atoms with Gasteiger partial charge in [0.2, 0.25) is 5.91 Å². The number of methoxy groups -OCH3 is 1. The van der Waals surface area contributed by atoms with Gasteiger partial charge in [-0.3, -0.25) is 9.59 Å². The fraction of sp³-hybridized carbons (Fsp3) is 0.227. The Morgan fingerprint density at radius 2 is 1.93 bits per heavy atom. The minimum absolute atomic E-state index is 0.236. The number of hydrogen-bond donors (Lipinski definition) is 1. The van der Waals surface area contributed by atoms with Crippen molar-refractivity contribution in [3.8, 4) is 5.75 Å². The van der Waals surface area contributed by atoms with Crippen molar-refractivity contribution in [3.63, 3.8) is 0 Å². The molecule has 1 unspecified atom stereocenters. The normalized spacial score (nSPS) is 12.2. The number of anilines is 1. The molecule has 6 nitrogen and oxygen atoms in total. The monoisotopic (exact) mass is 407 g/mol. The van der Waals surface area contributed by atoms with E-state index in [1.165, 1.54) is 4.68 Å². The van der Waals surface area contributed by atoms with E-state index in [0.29, 0.717) is 23.2 Å². The van der Waals surface area contributed by atoms with Gasteiger partial charge in [0, 0.05) is 15.8 Å². The quantitative estimate of drug-likeness (QED) is 0.528. The average molecular weight is 407 g/mol. The van der Waals surface area contributed by atoms with Gasteiger partial charge in [-0.15, -0.1) is 11.3 Å². The maximum atomic E-state index is 13.3. The first-order chi connectivity index (χ1) is 14.0. The summed E-state index contributed by atoms with van der Waals surface area (Å²) in [6.45, 7) is 3.75. The number of ether oxygens (including phenoxy) is 1. The topological polar surface area (TPSA) is 73.2 Å². The van der Waals surface area contributed by atoms with E-state index in [0.717, 1.165) is 20.5 Å². The molecule has 1 amide bonds. The Labute approximate surface area is 171 Å². The Hall–Kier alpha value is -3.19. The highest BCUT2D eigenvalue weighted by atomic mass is 32.1. The van der Waals surface area contributed by atoms with Crippen molar-refractivity contribution in [2.24, 2.45) is 0 Å². The van der Waals surface area contributed by atoms with E-state index < -0.39 is 6.04 Å². The van der Waals surface area contributed by atoms with E-state index in [1.807, 2.05) is 38.1 Å². The Morgan fingerprint density at radius 1 is 1.21 bits per heavy atom. The van der Waals surface area contributed by atoms with Crippen LogP contribution in [0.3, 0.4) is 0 Å². The van der Waals surface area contributed by atoms with Crippen LogP contribution in [0.25, 0.3) is 20.2 Å². The molecular weight excluding hydrogens is 386 g/mol. The number of hydrogen-bond acceptors (Lipinski definition) is 5. The van der Waals surface area contributed by atoms with Gasteiger partial charge in [-0.05, 0) is 43.7 Å². The maximum absolute atomic E-state index is 13.3. The fourth-order valence-electron chi connectivity index (χ4n) is 3.46. The maximum Gasteiger partial charge on any atom is 0.276 e. The summed E-state index contributed by atoms with van der Waals surface area (Å²) in [7, 11) is 1.59. The van der Waals surface area contributed by atoms with Crippen LogP contribution in [-0.2, 0) is 4.79 Å². The molecule has 2 aromatic carbocycles. The number of carbonyl (C=O) groups is 1. The third-order valence-corrected chi connectivity index (χ3v) is 6.23. The zero-order chi connectivity index (χ0) is 20.5. The van der Waals surface area contributed by atoms with Gasteiger partial charge in [0.15, 0.2) is 0 Å². The number of nitrogens with one attached hydrogen (secondary N) is 1. The van der Waals surface area contributed by atoms with Crippen LogP contribution in [0.1, 0.15) is 25.1 Å². The van der Waals surface area contributed by atoms with Crippen molar-refractivity contribution < 1.29 is 9.53 Å². The van der Waals surface area contributed by atoms with Crippen LogP contribution in [0.4, 0.5) is 5.69 Å². The number of aryl methyl sites for hydroxylation is 1. The second kappa shape index (κ2) is 7.67. The van der Waals surface area contributed by atoms with Gasteiger partial charge in [0.05, 0.1) is 22.9 Å². The summed E-state index contributed by atoms with van der Waals surface area (Å²) in [5.41, 5.74) is 1.15. The van der Waals surface area contributed by atoms with Crippen LogP contribution in [-0.4, -0.2) is 22.8 Å². The highest BCUT2D eigenvalue weighted by molar-refractivity contribution is 7.26. The SMILES string of the molecule is CCC(C(=O)Nc1ccc(OC)cc1)n1nc(C)c2sc3ccccc3c2c1=O. The molecule has 4 rings (SSSR count). The van der Waals surface area contributed by atoms with Crippen molar-refractivity contribution in [3.05, 3.63) is 64.6 Å². The molecule has 0 spiro atoms. The molecule has 0 aliphatic carbocycles. The standard InChI is InChI=1S/C22H21N3O3S/c1-4-17(21(26)23-14-9-11-15(28-3)12-10-14)25-22(27)19-16-7-5-6-8-18(16)29-20(19)13(2)24-25/h5-12,17H,4H2,1-3H3,(H,23,26). The average Bonchev–Trinajstić information content (AvgIpc) is 3.13. The fourth-order valence-corrected chi connectivity index (χ4v) is 4.59. The van der Waals surface area contributed by atoms with Crippen molar-refractivity contribution in [2.75, 3.05) is 12.4 Å². The predicted molar refractivity (Wildman–Crippen MR) is 117 cm³/mol. The summed E-state index contributed by atoms with van der Waals surface area (Å²) in [6, 6.07) is 14.2. The number of thiophene rings is 1. The Bertz CT molecular complexity index is 1260. The molecule has 0 fully saturated rings. The molecule has 0 saturated heterocycles. The first-order valence-corrected chi connectivity index (χ1v) is 10.2. The molecule has 0 saturated carbocycles. The minimum atomic E-state index is -0.702. The number of aromatic nitrogens is 2. The summed E-state index contributed by atoms with van der Waals surface area (Å²) in [5, 5.41) is 8.91. The lowest BCUT2D eigenvalue weighted by molar-refractivity contribution is -0.119. The van der Waals surface area contributed by atoms with E-state index in [1.54, 1.807) is 42.7 Å². The summed E-state index contributed by atoms with van der Waals surface area (Å²) in [4.78, 5) is 26.3. The molecule has 0 aliphatic heterocycles. The minimum Gasteiger partial charge on any atom is -0.497 e. The molecule has 4 aromatic rings. The van der Waals surface area contributed by atoms with Gasteiger partial charge in [0.1, 0.15) is 11.8 Å². The van der Waals surface area contributed by atoms with E-state index in [2.05, 4.69) is 10.4 Å². The third-order valence-electron chi connectivity index (χ3n) is 4.95. The first-order valence-electron chi connectivity index (χ1n) is 9.39. The van der Waals surface area contributed by atoms with Gasteiger partial charge < -0.3 is 10.1 Å². The van der Waals surface area contributed by atoms with Crippen LogP contribution in [0.15, 0.2) is 53.3 Å². The highest BCUT2D eigenvalue weighted by Gasteiger charge is 2.24. The second-order valence-electron chi connectivity index (χ2n) is 6.78. The van der Waals surface area contributed by atoms with Crippen molar-refractivity contribution in [1.29, 1.82) is 0 Å². The molecule has 7 heteroatoms. The number of fused-ring (bicyclic) bond motifs is 3. The first kappa shape index (κ1) is 19.1. The third kappa shape index (κ3) is 3.38. The molecule has 2 aromatic heterocycles. The van der Waals surface area contributed by atoms with Crippen LogP contribution in [0.5, 0.6) is 5.75 Å². The highest BCUT2D eigenvalue weighted by Crippen LogP contribution is 2.33. The molecule has 0 aliphatic rings. The molecule has 29 heavy (non-hydrogen) atoms. The van der Waals surface area contributed by atoms with E-state index in [-0.39, 0.29) is 11.5 Å². The van der Waals surface area contributed by atoms with Crippen LogP contribution in [0.2, 0.25) is 0 Å². The largest absolute Gasteiger partial charge is 0.497 e. The van der Waals surface area contributed by atoms with Crippen LogP contribution >= 0.6 is 11.3 Å². The summed E-state index contributed by atoms with van der Waals surface area (Å²) in [6.07, 6.45) is 0.446. The molecule has 1 atom stereocenters. The lowest BCUT2D eigenvalue weighted by Gasteiger charge is -2.17. The lowest BCUT2D eigenvalue weighted by Crippen LogP contribution is -2.35. The van der Waals surface area contributed by atoms with Crippen molar-refractivity contribution in [1.82, 2.24) is 9.78 Å². The van der Waals surface area contributed by atoms with E-state index >= 15 is 0 Å². The predicted octanol–water partition coefficient (Wildman–Crippen LogP) is 4.52. The lowest BCUT2D eigenvalue weighted by atomic mass is 10.1. The number of carbonyl (C=O) groups excluding carboxylic acids is 1. The van der Waals surface area contributed by atoms with E-state index in [4.69, 9.17) is 4.74 Å². The molecule has 0 bridgehead atoms. The van der Waals surface area contributed by atoms with Gasteiger partial charge in [-0.25, -0.2) is 4.68 Å². The van der Waals surface area contributed by atoms with E-state index in [9.17, 15) is 9.59 Å². The molecule has 0 radical (unpaired) electrons. The zero-order valence-corrected chi connectivity index (χ0v) is 17.2. The van der Waals surface area contributed by atoms with Gasteiger partial charge in [0.25, 0.3) is 5.56 Å². The summed E-state index contributed by atoms with van der Waals surface area (Å²) in [5.74, 6) is 0.434. The van der Waals surface area contributed by atoms with Gasteiger partial charge >= 0.3 is 0 Å². The zero-order valence-electron chi connectivity index (χ0n) is 16.4. The molecule has 2 heterocycles. The number of benzene rings is 2. The second-order valence-corrected chi connectivity index (χ2v) is 7.83. The Kier molecular flexibility index (Phi) is 5.07. The number of rotatable bonds is 5. The molecule has 1 N–H and O–H groups in total. The van der Waals surface area contributed by atoms with Crippen LogP contribution in [0, 0.1) is 6.92 Å². The van der Waals surface area contributed by atoms with Crippen LogP contribution < -0.4 is 15.6 Å². The smallest absolute Gasteiger partial charge is 0.276 e. The molecule has 148 valence electrons. The van der Waals surface area contributed by atoms with Crippen molar-refractivity contribution >= 4 is 43.1 Å². The van der Waals surface area contributed by atoms with Gasteiger partial charge in [-0.2, -0.15) is 5.10 Å². The van der Waals surface area contributed by atoms with Crippen molar-refractivity contribution in [2.45, 2.75) is 26.3 Å². The Morgan fingerprint density at radius 3 is 2.62 bits per heavy atom. The number of nitrogens with zero attached hydrogens (tertiary/aromatic N) is 2. The van der Waals surface area contributed by atoms with Gasteiger partial charge in [-0.1, -0.05) is 25.1 Å². The summed E-state index contributed by atoms with van der Waals surface area (Å²) >= 11 is 1.56. The Balaban J connectivity index is 1.76.